The maximum Gasteiger partial charge on any atom is 0.408 e. The lowest BCUT2D eigenvalue weighted by atomic mass is 9.97. The highest BCUT2D eigenvalue weighted by molar-refractivity contribution is 7.80. The van der Waals surface area contributed by atoms with Crippen LogP contribution in [-0.4, -0.2) is 46.2 Å². The predicted octanol–water partition coefficient (Wildman–Crippen LogP) is 5.11. The number of benzene rings is 2. The Morgan fingerprint density at radius 1 is 1.00 bits per heavy atom. The third-order valence-corrected chi connectivity index (χ3v) is 6.47. The number of thiol groups is 1. The minimum Gasteiger partial charge on any atom is -0.444 e. The van der Waals surface area contributed by atoms with E-state index < -0.39 is 23.8 Å². The molecule has 3 amide bonds. The Bertz CT molecular complexity index is 1100. The second-order valence-corrected chi connectivity index (χ2v) is 10.7. The molecule has 0 aliphatic heterocycles. The van der Waals surface area contributed by atoms with Crippen molar-refractivity contribution in [3.05, 3.63) is 64.7 Å². The smallest absolute Gasteiger partial charge is 0.408 e. The zero-order valence-corrected chi connectivity index (χ0v) is 22.8. The molecule has 2 aromatic carbocycles. The number of carbonyl (C=O) groups is 3. The fourth-order valence-electron chi connectivity index (χ4n) is 4.20. The van der Waals surface area contributed by atoms with E-state index >= 15 is 0 Å². The molecule has 1 aliphatic rings. The number of nitrogens with one attached hydrogen (secondary N) is 2. The van der Waals surface area contributed by atoms with Gasteiger partial charge in [0.1, 0.15) is 17.7 Å². The van der Waals surface area contributed by atoms with Gasteiger partial charge in [-0.25, -0.2) is 4.79 Å². The Kier molecular flexibility index (Phi) is 8.71. The van der Waals surface area contributed by atoms with Crippen LogP contribution in [0, 0.1) is 20.8 Å². The normalized spacial score (nSPS) is 15.0. The molecule has 36 heavy (non-hydrogen) atoms. The fraction of sp³-hybridized carbons (Fsp3) is 0.464. The quantitative estimate of drug-likeness (QED) is 0.430. The van der Waals surface area contributed by atoms with Crippen molar-refractivity contribution in [1.29, 1.82) is 0 Å². The average Bonchev–Trinajstić information content (AvgIpc) is 3.62. The SMILES string of the molecule is Cc1ccccc1C(C(=O)Nc1c(C)cccc1C)N(C(=O)C(CS)NC(=O)OC(C)(C)C)C1CC1. The highest BCUT2D eigenvalue weighted by atomic mass is 32.1. The van der Waals surface area contributed by atoms with Gasteiger partial charge in [0.25, 0.3) is 5.91 Å². The van der Waals surface area contributed by atoms with E-state index in [4.69, 9.17) is 4.74 Å². The van der Waals surface area contributed by atoms with E-state index in [1.165, 1.54) is 0 Å². The van der Waals surface area contributed by atoms with Gasteiger partial charge in [-0.3, -0.25) is 9.59 Å². The monoisotopic (exact) mass is 511 g/mol. The third kappa shape index (κ3) is 6.81. The maximum absolute atomic E-state index is 13.9. The summed E-state index contributed by atoms with van der Waals surface area (Å²) in [5.74, 6) is -0.583. The molecule has 1 fully saturated rings. The molecule has 8 heteroatoms. The Balaban J connectivity index is 1.99. The summed E-state index contributed by atoms with van der Waals surface area (Å²) < 4.78 is 5.36. The second kappa shape index (κ2) is 11.4. The fourth-order valence-corrected chi connectivity index (χ4v) is 4.45. The van der Waals surface area contributed by atoms with Gasteiger partial charge in [0.15, 0.2) is 0 Å². The highest BCUT2D eigenvalue weighted by Crippen LogP contribution is 2.37. The zero-order valence-electron chi connectivity index (χ0n) is 21.9. The number of rotatable bonds is 8. The van der Waals surface area contributed by atoms with E-state index in [9.17, 15) is 14.4 Å². The molecule has 0 heterocycles. The molecular formula is C28H37N3O4S. The first kappa shape index (κ1) is 27.6. The van der Waals surface area contributed by atoms with Crippen LogP contribution in [0.15, 0.2) is 42.5 Å². The number of amides is 3. The molecule has 1 saturated carbocycles. The molecule has 2 N–H and O–H groups in total. The van der Waals surface area contributed by atoms with Gasteiger partial charge in [-0.15, -0.1) is 0 Å². The summed E-state index contributed by atoms with van der Waals surface area (Å²) in [6.07, 6.45) is 0.880. The number of nitrogens with zero attached hydrogens (tertiary/aromatic N) is 1. The van der Waals surface area contributed by atoms with Gasteiger partial charge in [-0.05, 0) is 76.6 Å². The van der Waals surface area contributed by atoms with Crippen molar-refractivity contribution in [2.45, 2.75) is 78.1 Å². The molecule has 0 aromatic heterocycles. The molecule has 0 radical (unpaired) electrons. The Labute approximate surface area is 219 Å². The van der Waals surface area contributed by atoms with E-state index in [0.29, 0.717) is 0 Å². The molecule has 2 unspecified atom stereocenters. The van der Waals surface area contributed by atoms with Crippen molar-refractivity contribution in [1.82, 2.24) is 10.2 Å². The van der Waals surface area contributed by atoms with Crippen LogP contribution in [-0.2, 0) is 14.3 Å². The number of para-hydroxylation sites is 1. The van der Waals surface area contributed by atoms with Crippen molar-refractivity contribution in [2.75, 3.05) is 11.1 Å². The summed E-state index contributed by atoms with van der Waals surface area (Å²) >= 11 is 4.34. The molecular weight excluding hydrogens is 474 g/mol. The summed E-state index contributed by atoms with van der Waals surface area (Å²) in [6, 6.07) is 11.5. The molecule has 2 aromatic rings. The molecule has 0 spiro atoms. The molecule has 2 atom stereocenters. The number of hydrogen-bond acceptors (Lipinski definition) is 5. The van der Waals surface area contributed by atoms with Crippen LogP contribution < -0.4 is 10.6 Å². The predicted molar refractivity (Wildman–Crippen MR) is 145 cm³/mol. The number of ether oxygens (including phenoxy) is 1. The highest BCUT2D eigenvalue weighted by Gasteiger charge is 2.44. The lowest BCUT2D eigenvalue weighted by molar-refractivity contribution is -0.141. The standard InChI is InChI=1S/C28H37N3O4S/c1-17-10-7-8-13-21(17)24(25(32)30-23-18(2)11-9-12-19(23)3)31(20-14-15-20)26(33)22(16-36)29-27(34)35-28(4,5)6/h7-13,20,22,24,36H,14-16H2,1-6H3,(H,29,34)(H,30,32). The summed E-state index contributed by atoms with van der Waals surface area (Å²) in [5.41, 5.74) is 3.56. The first-order valence-corrected chi connectivity index (χ1v) is 12.9. The number of alkyl carbamates (subject to hydrolysis) is 1. The van der Waals surface area contributed by atoms with Crippen LogP contribution in [0.25, 0.3) is 0 Å². The minimum atomic E-state index is -0.941. The van der Waals surface area contributed by atoms with Gasteiger partial charge in [0.05, 0.1) is 0 Å². The summed E-state index contributed by atoms with van der Waals surface area (Å²) in [4.78, 5) is 41.9. The van der Waals surface area contributed by atoms with Crippen molar-refractivity contribution in [3.8, 4) is 0 Å². The van der Waals surface area contributed by atoms with E-state index in [1.54, 1.807) is 25.7 Å². The molecule has 7 nitrogen and oxygen atoms in total. The van der Waals surface area contributed by atoms with Crippen molar-refractivity contribution in [2.24, 2.45) is 0 Å². The van der Waals surface area contributed by atoms with Gasteiger partial charge < -0.3 is 20.3 Å². The summed E-state index contributed by atoms with van der Waals surface area (Å²) in [6.45, 7) is 11.1. The van der Waals surface area contributed by atoms with E-state index in [1.807, 2.05) is 63.2 Å². The summed E-state index contributed by atoms with van der Waals surface area (Å²) in [7, 11) is 0. The Hall–Kier alpha value is -3.00. The van der Waals surface area contributed by atoms with Crippen molar-refractivity contribution >= 4 is 36.2 Å². The van der Waals surface area contributed by atoms with E-state index in [0.717, 1.165) is 40.8 Å². The van der Waals surface area contributed by atoms with Gasteiger partial charge in [-0.2, -0.15) is 12.6 Å². The largest absolute Gasteiger partial charge is 0.444 e. The van der Waals surface area contributed by atoms with Crippen molar-refractivity contribution < 1.29 is 19.1 Å². The number of aryl methyl sites for hydroxylation is 3. The lowest BCUT2D eigenvalue weighted by Gasteiger charge is -2.35. The minimum absolute atomic E-state index is 0.0698. The van der Waals surface area contributed by atoms with Gasteiger partial charge in [0, 0.05) is 17.5 Å². The number of hydrogen-bond donors (Lipinski definition) is 3. The Morgan fingerprint density at radius 2 is 1.58 bits per heavy atom. The average molecular weight is 512 g/mol. The van der Waals surface area contributed by atoms with Crippen LogP contribution in [0.2, 0.25) is 0 Å². The lowest BCUT2D eigenvalue weighted by Crippen LogP contribution is -2.54. The molecule has 0 bridgehead atoms. The zero-order chi connectivity index (χ0) is 26.6. The first-order valence-electron chi connectivity index (χ1n) is 12.3. The van der Waals surface area contributed by atoms with Gasteiger partial charge in [0.2, 0.25) is 5.91 Å². The van der Waals surface area contributed by atoms with Crippen LogP contribution in [0.4, 0.5) is 10.5 Å². The van der Waals surface area contributed by atoms with Crippen LogP contribution in [0.3, 0.4) is 0 Å². The van der Waals surface area contributed by atoms with Crippen molar-refractivity contribution in [3.63, 3.8) is 0 Å². The first-order chi connectivity index (χ1) is 16.9. The van der Waals surface area contributed by atoms with E-state index in [-0.39, 0.29) is 23.6 Å². The van der Waals surface area contributed by atoms with E-state index in [2.05, 4.69) is 23.3 Å². The number of carbonyl (C=O) groups excluding carboxylic acids is 3. The number of anilines is 1. The third-order valence-electron chi connectivity index (χ3n) is 6.11. The van der Waals surface area contributed by atoms with Crippen LogP contribution >= 0.6 is 12.6 Å². The summed E-state index contributed by atoms with van der Waals surface area (Å²) in [5, 5.41) is 5.74. The Morgan fingerprint density at radius 3 is 2.11 bits per heavy atom. The molecule has 194 valence electrons. The molecule has 1 aliphatic carbocycles. The maximum atomic E-state index is 13.9. The van der Waals surface area contributed by atoms with Crippen LogP contribution in [0.1, 0.15) is 61.9 Å². The topological polar surface area (TPSA) is 87.7 Å². The molecule has 0 saturated heterocycles. The van der Waals surface area contributed by atoms with Crippen LogP contribution in [0.5, 0.6) is 0 Å². The second-order valence-electron chi connectivity index (χ2n) is 10.4. The molecule has 3 rings (SSSR count). The van der Waals surface area contributed by atoms with Gasteiger partial charge in [-0.1, -0.05) is 42.5 Å². The van der Waals surface area contributed by atoms with Gasteiger partial charge >= 0.3 is 6.09 Å².